The minimum atomic E-state index is -1.78. The van der Waals surface area contributed by atoms with Crippen LogP contribution in [0.15, 0.2) is 48.5 Å². The first kappa shape index (κ1) is 48.8. The summed E-state index contributed by atoms with van der Waals surface area (Å²) in [7, 11) is 0. The van der Waals surface area contributed by atoms with Crippen molar-refractivity contribution in [3.8, 4) is 11.1 Å². The number of nitrogens with two attached hydrogens (primary N) is 1. The number of ether oxygens (including phenoxy) is 10. The van der Waals surface area contributed by atoms with Crippen LogP contribution in [0.25, 0.3) is 11.1 Å². The van der Waals surface area contributed by atoms with Crippen molar-refractivity contribution in [1.29, 1.82) is 0 Å². The van der Waals surface area contributed by atoms with Gasteiger partial charge in [0.15, 0.2) is 36.9 Å². The Kier molecular flexibility index (Phi) is 16.2. The largest absolute Gasteiger partial charge is 0.463 e. The number of aliphatic hydroxyl groups excluding tert-OH is 2. The van der Waals surface area contributed by atoms with Crippen LogP contribution in [0.1, 0.15) is 72.4 Å². The maximum atomic E-state index is 13.7. The van der Waals surface area contributed by atoms with E-state index in [2.05, 4.69) is 5.32 Å². The van der Waals surface area contributed by atoms with Crippen LogP contribution in [0.5, 0.6) is 0 Å². The second-order valence-corrected chi connectivity index (χ2v) is 16.3. The second kappa shape index (κ2) is 21.0. The molecule has 20 heteroatoms. The first-order valence-corrected chi connectivity index (χ1v) is 20.3. The van der Waals surface area contributed by atoms with Gasteiger partial charge in [0.2, 0.25) is 0 Å². The van der Waals surface area contributed by atoms with Crippen LogP contribution in [0.2, 0.25) is 0 Å². The van der Waals surface area contributed by atoms with Gasteiger partial charge >= 0.3 is 35.9 Å². The third-order valence-electron chi connectivity index (χ3n) is 10.2. The highest BCUT2D eigenvalue weighted by Gasteiger charge is 2.56. The average Bonchev–Trinajstić information content (AvgIpc) is 3.52. The van der Waals surface area contributed by atoms with E-state index in [-0.39, 0.29) is 12.5 Å². The number of aliphatic hydroxyl groups is 2. The molecule has 20 nitrogen and oxygen atoms in total. The van der Waals surface area contributed by atoms with Gasteiger partial charge in [-0.05, 0) is 49.9 Å². The van der Waals surface area contributed by atoms with Crippen LogP contribution in [0.3, 0.4) is 0 Å². The number of amides is 1. The average molecular weight is 889 g/mol. The predicted molar refractivity (Wildman–Crippen MR) is 215 cm³/mol. The first-order chi connectivity index (χ1) is 29.7. The quantitative estimate of drug-likeness (QED) is 0.146. The van der Waals surface area contributed by atoms with Gasteiger partial charge in [0.1, 0.15) is 43.2 Å². The number of carbonyl (C=O) groups excluding carboxylic acids is 6. The number of hydrogen-bond acceptors (Lipinski definition) is 19. The normalized spacial score (nSPS) is 27.7. The van der Waals surface area contributed by atoms with E-state index in [1.807, 2.05) is 48.5 Å². The first-order valence-electron chi connectivity index (χ1n) is 20.3. The molecule has 2 aliphatic heterocycles. The Bertz CT molecular complexity index is 1930. The molecule has 0 spiro atoms. The molecule has 0 saturated carbocycles. The molecule has 0 unspecified atom stereocenters. The minimum absolute atomic E-state index is 0.0684. The van der Waals surface area contributed by atoms with Gasteiger partial charge in [-0.25, -0.2) is 9.59 Å². The minimum Gasteiger partial charge on any atom is -0.463 e. The molecule has 2 heterocycles. The van der Waals surface area contributed by atoms with Crippen molar-refractivity contribution in [3.05, 3.63) is 59.7 Å². The van der Waals surface area contributed by atoms with Gasteiger partial charge in [0.25, 0.3) is 0 Å². The van der Waals surface area contributed by atoms with Crippen LogP contribution < -0.4 is 11.1 Å². The Morgan fingerprint density at radius 1 is 0.730 bits per heavy atom. The number of carbonyl (C=O) groups is 6. The van der Waals surface area contributed by atoms with Crippen molar-refractivity contribution >= 4 is 35.9 Å². The lowest BCUT2D eigenvalue weighted by Gasteiger charge is -2.48. The summed E-state index contributed by atoms with van der Waals surface area (Å²) in [5.41, 5.74) is 9.59. The monoisotopic (exact) mass is 888 g/mol. The van der Waals surface area contributed by atoms with Crippen LogP contribution in [0.4, 0.5) is 4.79 Å². The van der Waals surface area contributed by atoms with Gasteiger partial charge in [-0.15, -0.1) is 0 Å². The van der Waals surface area contributed by atoms with Gasteiger partial charge in [0, 0.05) is 33.6 Å². The van der Waals surface area contributed by atoms with E-state index in [0.717, 1.165) is 49.9 Å². The van der Waals surface area contributed by atoms with E-state index < -0.39 is 128 Å². The summed E-state index contributed by atoms with van der Waals surface area (Å²) in [5, 5.41) is 24.2. The summed E-state index contributed by atoms with van der Waals surface area (Å²) in [6.45, 7) is 9.11. The molecule has 346 valence electrons. The van der Waals surface area contributed by atoms with Crippen LogP contribution in [-0.4, -0.2) is 145 Å². The molecule has 2 saturated heterocycles. The Morgan fingerprint density at radius 3 is 1.81 bits per heavy atom. The Morgan fingerprint density at radius 2 is 1.27 bits per heavy atom. The van der Waals surface area contributed by atoms with Crippen molar-refractivity contribution in [2.45, 2.75) is 140 Å². The zero-order valence-corrected chi connectivity index (χ0v) is 36.2. The molecule has 5 rings (SSSR count). The van der Waals surface area contributed by atoms with E-state index in [4.69, 9.17) is 53.1 Å². The number of esters is 5. The standard InChI is InChI=1S/C43H56N2O18/c1-20(33(39(52)63-43(6,7)8)45-42(53)55-18-29-27-15-11-9-13-25(27)26-14-10-12-16-28(26)29)56-40-32(44)36(34(51)30(17-46)60-40)62-41-38(59-24(5)50)37(58-23(4)49)35(57-22(3)48)31(61-41)19-54-21(2)47/h9-16,20,29-38,40-41,46,51H,17-19,44H2,1-8H3,(H,45,53)/t20-,30-,31-,32-,33+,34+,35+,36-,37+,38-,40+,41+/m1/s1. The van der Waals surface area contributed by atoms with Crippen molar-refractivity contribution in [2.24, 2.45) is 5.73 Å². The molecular weight excluding hydrogens is 832 g/mol. The lowest BCUT2D eigenvalue weighted by molar-refractivity contribution is -0.347. The van der Waals surface area contributed by atoms with Gasteiger partial charge in [0.05, 0.1) is 18.8 Å². The Balaban J connectivity index is 1.38. The predicted octanol–water partition coefficient (Wildman–Crippen LogP) is 1.51. The molecule has 0 aromatic heterocycles. The maximum absolute atomic E-state index is 13.7. The summed E-state index contributed by atoms with van der Waals surface area (Å²) >= 11 is 0. The van der Waals surface area contributed by atoms with Crippen molar-refractivity contribution in [3.63, 3.8) is 0 Å². The fraction of sp³-hybridized carbons (Fsp3) is 0.581. The fourth-order valence-electron chi connectivity index (χ4n) is 7.63. The lowest BCUT2D eigenvalue weighted by atomic mass is 9.95. The van der Waals surface area contributed by atoms with Crippen molar-refractivity contribution in [2.75, 3.05) is 19.8 Å². The second-order valence-electron chi connectivity index (χ2n) is 16.3. The number of alkyl carbamates (subject to hydrolysis) is 1. The Hall–Kier alpha value is -5.22. The van der Waals surface area contributed by atoms with E-state index in [1.165, 1.54) is 6.92 Å². The maximum Gasteiger partial charge on any atom is 0.407 e. The van der Waals surface area contributed by atoms with Crippen LogP contribution in [-0.2, 0) is 71.3 Å². The summed E-state index contributed by atoms with van der Waals surface area (Å²) in [6.07, 6.45) is -16.6. The van der Waals surface area contributed by atoms with Gasteiger partial charge in [-0.2, -0.15) is 0 Å². The fourth-order valence-corrected chi connectivity index (χ4v) is 7.63. The SMILES string of the molecule is CC(=O)OC[C@H]1O[C@@H](O[C@@H]2[C@@H](N)[C@@H](O[C@H](C)[C@H](NC(=O)OCC3c4ccccc4-c4ccccc43)C(=O)OC(C)(C)C)O[C@H](CO)[C@@H]2O)[C@H](OC(C)=O)[C@@H](OC(C)=O)[C@H]1OC(C)=O. The van der Waals surface area contributed by atoms with E-state index >= 15 is 0 Å². The summed E-state index contributed by atoms with van der Waals surface area (Å²) in [4.78, 5) is 76.0. The third-order valence-corrected chi connectivity index (χ3v) is 10.2. The molecule has 1 aliphatic carbocycles. The highest BCUT2D eigenvalue weighted by Crippen LogP contribution is 2.44. The molecule has 0 bridgehead atoms. The topological polar surface area (TPSA) is 273 Å². The molecule has 3 aliphatic rings. The number of hydrogen-bond donors (Lipinski definition) is 4. The molecule has 2 aromatic carbocycles. The number of rotatable bonds is 15. The molecule has 5 N–H and O–H groups in total. The van der Waals surface area contributed by atoms with Gasteiger partial charge in [-0.1, -0.05) is 48.5 Å². The summed E-state index contributed by atoms with van der Waals surface area (Å²) in [6, 6.07) is 12.5. The molecule has 2 fully saturated rings. The zero-order chi connectivity index (χ0) is 46.3. The summed E-state index contributed by atoms with van der Waals surface area (Å²) in [5.74, 6) is -4.59. The molecule has 0 radical (unpaired) electrons. The van der Waals surface area contributed by atoms with Crippen molar-refractivity contribution < 1.29 is 86.3 Å². The molecule has 12 atom stereocenters. The smallest absolute Gasteiger partial charge is 0.407 e. The number of nitrogens with one attached hydrogen (secondary N) is 1. The van der Waals surface area contributed by atoms with E-state index in [9.17, 15) is 39.0 Å². The molecular formula is C43H56N2O18. The zero-order valence-electron chi connectivity index (χ0n) is 36.2. The highest BCUT2D eigenvalue weighted by atomic mass is 16.8. The van der Waals surface area contributed by atoms with E-state index in [0.29, 0.717) is 0 Å². The highest BCUT2D eigenvalue weighted by molar-refractivity contribution is 5.83. The van der Waals surface area contributed by atoms with Crippen molar-refractivity contribution in [1.82, 2.24) is 5.32 Å². The van der Waals surface area contributed by atoms with Crippen LogP contribution in [0, 0.1) is 0 Å². The van der Waals surface area contributed by atoms with Crippen LogP contribution >= 0.6 is 0 Å². The third kappa shape index (κ3) is 12.3. The van der Waals surface area contributed by atoms with E-state index in [1.54, 1.807) is 20.8 Å². The van der Waals surface area contributed by atoms with Gasteiger partial charge < -0.3 is 68.6 Å². The number of fused-ring (bicyclic) bond motifs is 3. The molecule has 1 amide bonds. The lowest BCUT2D eigenvalue weighted by Crippen LogP contribution is -2.68. The summed E-state index contributed by atoms with van der Waals surface area (Å²) < 4.78 is 57.0. The van der Waals surface area contributed by atoms with Gasteiger partial charge in [-0.3, -0.25) is 19.2 Å². The molecule has 2 aromatic rings. The molecule has 63 heavy (non-hydrogen) atoms. The number of benzene rings is 2. The Labute approximate surface area is 363 Å².